The third-order valence-corrected chi connectivity index (χ3v) is 3.69. The first-order chi connectivity index (χ1) is 11.0. The average molecular weight is 312 g/mol. The van der Waals surface area contributed by atoms with Crippen LogP contribution in [-0.4, -0.2) is 20.4 Å². The molecule has 0 aromatic heterocycles. The summed E-state index contributed by atoms with van der Waals surface area (Å²) in [5, 5.41) is 39.7. The number of phenolic OH excluding ortho intramolecular Hbond substituents is 4. The van der Waals surface area contributed by atoms with E-state index in [1.165, 1.54) is 12.1 Å². The standard InChI is InChI=1S/C19H20O4/c1-3-5-12-7-14(20)9-18(22)16(12)11-17-13(6-4-2)8-15(21)10-19(17)23/h3-4,7-10,20-23H,1-2,5-6,11H2. The molecule has 2 aromatic carbocycles. The Bertz CT molecular complexity index is 684. The SMILES string of the molecule is C=CCc1cc(O)cc(O)c1Cc1c(O)cc(O)cc1CC=C. The van der Waals surface area contributed by atoms with Gasteiger partial charge in [0.2, 0.25) is 0 Å². The van der Waals surface area contributed by atoms with E-state index in [2.05, 4.69) is 13.2 Å². The third kappa shape index (κ3) is 3.66. The lowest BCUT2D eigenvalue weighted by molar-refractivity contribution is 0.441. The fraction of sp³-hybridized carbons (Fsp3) is 0.158. The number of allylic oxidation sites excluding steroid dienone is 2. The van der Waals surface area contributed by atoms with Crippen molar-refractivity contribution in [2.45, 2.75) is 19.3 Å². The lowest BCUT2D eigenvalue weighted by atomic mass is 9.92. The summed E-state index contributed by atoms with van der Waals surface area (Å²) in [5.41, 5.74) is 2.67. The molecule has 0 fully saturated rings. The van der Waals surface area contributed by atoms with Crippen LogP contribution >= 0.6 is 0 Å². The zero-order valence-electron chi connectivity index (χ0n) is 12.8. The van der Waals surface area contributed by atoms with Crippen molar-refractivity contribution in [1.29, 1.82) is 0 Å². The van der Waals surface area contributed by atoms with Gasteiger partial charge in [0, 0.05) is 29.7 Å². The predicted molar refractivity (Wildman–Crippen MR) is 90.2 cm³/mol. The predicted octanol–water partition coefficient (Wildman–Crippen LogP) is 3.56. The quantitative estimate of drug-likeness (QED) is 0.615. The van der Waals surface area contributed by atoms with E-state index in [0.717, 1.165) is 11.1 Å². The lowest BCUT2D eigenvalue weighted by Crippen LogP contribution is -2.00. The van der Waals surface area contributed by atoms with Gasteiger partial charge >= 0.3 is 0 Å². The minimum Gasteiger partial charge on any atom is -0.508 e. The second kappa shape index (κ2) is 6.92. The van der Waals surface area contributed by atoms with Gasteiger partial charge in [-0.2, -0.15) is 0 Å². The number of phenols is 4. The molecule has 2 rings (SSSR count). The fourth-order valence-corrected chi connectivity index (χ4v) is 2.66. The van der Waals surface area contributed by atoms with E-state index in [9.17, 15) is 20.4 Å². The van der Waals surface area contributed by atoms with Gasteiger partial charge in [0.15, 0.2) is 0 Å². The maximum atomic E-state index is 10.2. The van der Waals surface area contributed by atoms with Gasteiger partial charge in [-0.05, 0) is 36.1 Å². The van der Waals surface area contributed by atoms with Crippen LogP contribution in [0, 0.1) is 0 Å². The van der Waals surface area contributed by atoms with Crippen LogP contribution in [0.4, 0.5) is 0 Å². The summed E-state index contributed by atoms with van der Waals surface area (Å²) in [6.07, 6.45) is 4.59. The molecule has 120 valence electrons. The summed E-state index contributed by atoms with van der Waals surface area (Å²) in [5.74, 6) is -0.133. The van der Waals surface area contributed by atoms with Crippen LogP contribution in [0.1, 0.15) is 22.3 Å². The average Bonchev–Trinajstić information content (AvgIpc) is 2.45. The highest BCUT2D eigenvalue weighted by Gasteiger charge is 2.16. The Labute approximate surface area is 135 Å². The molecule has 0 unspecified atom stereocenters. The highest BCUT2D eigenvalue weighted by molar-refractivity contribution is 5.53. The lowest BCUT2D eigenvalue weighted by Gasteiger charge is -2.15. The Morgan fingerprint density at radius 1 is 0.696 bits per heavy atom. The van der Waals surface area contributed by atoms with Gasteiger partial charge in [0.25, 0.3) is 0 Å². The van der Waals surface area contributed by atoms with Gasteiger partial charge in [0.1, 0.15) is 23.0 Å². The first-order valence-electron chi connectivity index (χ1n) is 7.25. The number of hydrogen-bond donors (Lipinski definition) is 4. The molecule has 0 aliphatic heterocycles. The van der Waals surface area contributed by atoms with Crippen LogP contribution in [0.5, 0.6) is 23.0 Å². The third-order valence-electron chi connectivity index (χ3n) is 3.69. The largest absolute Gasteiger partial charge is 0.508 e. The number of aromatic hydroxyl groups is 4. The first kappa shape index (κ1) is 16.5. The van der Waals surface area contributed by atoms with Gasteiger partial charge < -0.3 is 20.4 Å². The van der Waals surface area contributed by atoms with Crippen LogP contribution in [-0.2, 0) is 19.3 Å². The molecular weight excluding hydrogens is 292 g/mol. The van der Waals surface area contributed by atoms with E-state index in [1.807, 2.05) is 0 Å². The van der Waals surface area contributed by atoms with Crippen LogP contribution < -0.4 is 0 Å². The van der Waals surface area contributed by atoms with Crippen molar-refractivity contribution in [2.75, 3.05) is 0 Å². The molecule has 4 nitrogen and oxygen atoms in total. The summed E-state index contributed by atoms with van der Waals surface area (Å²) < 4.78 is 0. The van der Waals surface area contributed by atoms with Crippen LogP contribution in [0.3, 0.4) is 0 Å². The van der Waals surface area contributed by atoms with E-state index < -0.39 is 0 Å². The summed E-state index contributed by atoms with van der Waals surface area (Å²) >= 11 is 0. The minimum absolute atomic E-state index is 0.0238. The topological polar surface area (TPSA) is 80.9 Å². The Balaban J connectivity index is 2.55. The molecule has 2 aromatic rings. The van der Waals surface area contributed by atoms with Crippen LogP contribution in [0.2, 0.25) is 0 Å². The first-order valence-corrected chi connectivity index (χ1v) is 7.25. The molecule has 0 heterocycles. The van der Waals surface area contributed by atoms with Gasteiger partial charge in [-0.15, -0.1) is 13.2 Å². The van der Waals surface area contributed by atoms with Crippen molar-refractivity contribution in [1.82, 2.24) is 0 Å². The van der Waals surface area contributed by atoms with Gasteiger partial charge in [0.05, 0.1) is 0 Å². The normalized spacial score (nSPS) is 10.4. The van der Waals surface area contributed by atoms with E-state index in [-0.39, 0.29) is 29.4 Å². The summed E-state index contributed by atoms with van der Waals surface area (Å²) in [6, 6.07) is 5.68. The highest BCUT2D eigenvalue weighted by atomic mass is 16.3. The van der Waals surface area contributed by atoms with Crippen molar-refractivity contribution < 1.29 is 20.4 Å². The van der Waals surface area contributed by atoms with Crippen molar-refractivity contribution in [3.63, 3.8) is 0 Å². The van der Waals surface area contributed by atoms with Crippen LogP contribution in [0.15, 0.2) is 49.6 Å². The molecule has 0 atom stereocenters. The second-order valence-electron chi connectivity index (χ2n) is 5.37. The maximum absolute atomic E-state index is 10.2. The molecule has 23 heavy (non-hydrogen) atoms. The van der Waals surface area contributed by atoms with Gasteiger partial charge in [-0.3, -0.25) is 0 Å². The van der Waals surface area contributed by atoms with Crippen LogP contribution in [0.25, 0.3) is 0 Å². The molecule has 0 radical (unpaired) electrons. The number of rotatable bonds is 6. The van der Waals surface area contributed by atoms with Crippen molar-refractivity contribution in [2.24, 2.45) is 0 Å². The van der Waals surface area contributed by atoms with E-state index in [4.69, 9.17) is 0 Å². The smallest absolute Gasteiger partial charge is 0.123 e. The molecule has 4 heteroatoms. The summed E-state index contributed by atoms with van der Waals surface area (Å²) in [4.78, 5) is 0. The monoisotopic (exact) mass is 312 g/mol. The minimum atomic E-state index is -0.0427. The second-order valence-corrected chi connectivity index (χ2v) is 5.37. The van der Waals surface area contributed by atoms with Crippen molar-refractivity contribution >= 4 is 0 Å². The molecular formula is C19H20O4. The molecule has 0 saturated carbocycles. The Morgan fingerprint density at radius 3 is 1.43 bits per heavy atom. The number of benzene rings is 2. The molecule has 0 amide bonds. The van der Waals surface area contributed by atoms with E-state index in [1.54, 1.807) is 24.3 Å². The summed E-state index contributed by atoms with van der Waals surface area (Å²) in [7, 11) is 0. The fourth-order valence-electron chi connectivity index (χ4n) is 2.66. The molecule has 0 aliphatic rings. The molecule has 4 N–H and O–H groups in total. The molecule has 0 spiro atoms. The summed E-state index contributed by atoms with van der Waals surface area (Å²) in [6.45, 7) is 7.36. The Hall–Kier alpha value is -2.88. The van der Waals surface area contributed by atoms with Gasteiger partial charge in [-0.25, -0.2) is 0 Å². The van der Waals surface area contributed by atoms with Gasteiger partial charge in [-0.1, -0.05) is 12.2 Å². The molecule has 0 bridgehead atoms. The van der Waals surface area contributed by atoms with Crippen molar-refractivity contribution in [3.05, 3.63) is 71.8 Å². The Morgan fingerprint density at radius 2 is 1.09 bits per heavy atom. The molecule has 0 aliphatic carbocycles. The number of hydrogen-bond acceptors (Lipinski definition) is 4. The van der Waals surface area contributed by atoms with E-state index >= 15 is 0 Å². The Kier molecular flexibility index (Phi) is 4.96. The molecule has 0 saturated heterocycles. The van der Waals surface area contributed by atoms with Crippen molar-refractivity contribution in [3.8, 4) is 23.0 Å². The zero-order valence-corrected chi connectivity index (χ0v) is 12.8. The maximum Gasteiger partial charge on any atom is 0.123 e. The zero-order chi connectivity index (χ0) is 17.0. The highest BCUT2D eigenvalue weighted by Crippen LogP contribution is 2.35. The van der Waals surface area contributed by atoms with E-state index in [0.29, 0.717) is 24.0 Å².